The molecule has 0 aromatic carbocycles. The van der Waals surface area contributed by atoms with Crippen LogP contribution in [0.25, 0.3) is 0 Å². The van der Waals surface area contributed by atoms with Crippen molar-refractivity contribution in [1.82, 2.24) is 10.2 Å². The predicted molar refractivity (Wildman–Crippen MR) is 82.6 cm³/mol. The number of hydrogen-bond acceptors (Lipinski definition) is 4. The maximum Gasteiger partial charge on any atom is 0.108 e. The molecule has 1 N–H and O–H groups in total. The van der Waals surface area contributed by atoms with Crippen molar-refractivity contribution in [2.45, 2.75) is 70.0 Å². The summed E-state index contributed by atoms with van der Waals surface area (Å²) in [6.45, 7) is 6.25. The molecule has 0 aromatic heterocycles. The van der Waals surface area contributed by atoms with Gasteiger partial charge in [-0.05, 0) is 45.6 Å². The first-order valence-corrected chi connectivity index (χ1v) is 8.01. The van der Waals surface area contributed by atoms with Crippen LogP contribution in [-0.4, -0.2) is 49.8 Å². The van der Waals surface area contributed by atoms with Gasteiger partial charge in [0.15, 0.2) is 0 Å². The zero-order valence-electron chi connectivity index (χ0n) is 13.6. The van der Waals surface area contributed by atoms with Crippen LogP contribution in [0.2, 0.25) is 0 Å². The summed E-state index contributed by atoms with van der Waals surface area (Å²) in [5, 5.41) is 12.8. The Labute approximate surface area is 124 Å². The van der Waals surface area contributed by atoms with Gasteiger partial charge in [0.1, 0.15) is 5.54 Å². The first-order valence-electron chi connectivity index (χ1n) is 8.01. The molecule has 0 radical (unpaired) electrons. The maximum atomic E-state index is 9.51. The van der Waals surface area contributed by atoms with Crippen LogP contribution in [-0.2, 0) is 4.74 Å². The van der Waals surface area contributed by atoms with Crippen molar-refractivity contribution in [3.63, 3.8) is 0 Å². The lowest BCUT2D eigenvalue weighted by Gasteiger charge is -2.44. The summed E-state index contributed by atoms with van der Waals surface area (Å²) < 4.78 is 5.28. The molecule has 0 saturated heterocycles. The normalized spacial score (nSPS) is 26.9. The van der Waals surface area contributed by atoms with Crippen LogP contribution < -0.4 is 5.32 Å². The zero-order valence-corrected chi connectivity index (χ0v) is 13.6. The summed E-state index contributed by atoms with van der Waals surface area (Å²) >= 11 is 0. The lowest BCUT2D eigenvalue weighted by atomic mass is 9.79. The minimum absolute atomic E-state index is 0.333. The summed E-state index contributed by atoms with van der Waals surface area (Å²) in [5.41, 5.74) is -0.333. The third kappa shape index (κ3) is 4.18. The molecule has 20 heavy (non-hydrogen) atoms. The van der Waals surface area contributed by atoms with Gasteiger partial charge in [0.25, 0.3) is 0 Å². The second-order valence-electron chi connectivity index (χ2n) is 5.90. The molecule has 0 aromatic rings. The SMILES string of the molecule is CCC(CC)N(CCOC)C1CCCC(C#N)(NC)C1. The minimum atomic E-state index is -0.333. The lowest BCUT2D eigenvalue weighted by molar-refractivity contribution is 0.0491. The molecule has 0 aliphatic heterocycles. The van der Waals surface area contributed by atoms with Gasteiger partial charge >= 0.3 is 0 Å². The standard InChI is InChI=1S/C16H31N3O/c1-5-14(6-2)19(10-11-20-4)15-8-7-9-16(12-15,13-17)18-3/h14-15,18H,5-12H2,1-4H3. The number of hydrogen-bond donors (Lipinski definition) is 1. The van der Waals surface area contributed by atoms with E-state index in [-0.39, 0.29) is 5.54 Å². The van der Waals surface area contributed by atoms with Crippen LogP contribution in [0, 0.1) is 11.3 Å². The maximum absolute atomic E-state index is 9.51. The highest BCUT2D eigenvalue weighted by atomic mass is 16.5. The summed E-state index contributed by atoms with van der Waals surface area (Å²) in [5.74, 6) is 0. The molecule has 1 fully saturated rings. The number of methoxy groups -OCH3 is 1. The quantitative estimate of drug-likeness (QED) is 0.743. The van der Waals surface area contributed by atoms with Gasteiger partial charge in [0.05, 0.1) is 12.7 Å². The second kappa shape index (κ2) is 8.61. The van der Waals surface area contributed by atoms with Gasteiger partial charge in [0, 0.05) is 25.7 Å². The average molecular weight is 281 g/mol. The number of nitriles is 1. The Morgan fingerprint density at radius 2 is 2.15 bits per heavy atom. The van der Waals surface area contributed by atoms with Crippen molar-refractivity contribution in [3.8, 4) is 6.07 Å². The molecular formula is C16H31N3O. The number of rotatable bonds is 8. The third-order valence-corrected chi connectivity index (χ3v) is 4.85. The molecule has 2 atom stereocenters. The van der Waals surface area contributed by atoms with E-state index in [4.69, 9.17) is 4.74 Å². The van der Waals surface area contributed by atoms with Crippen molar-refractivity contribution in [1.29, 1.82) is 5.26 Å². The fourth-order valence-electron chi connectivity index (χ4n) is 3.53. The van der Waals surface area contributed by atoms with Crippen LogP contribution in [0.1, 0.15) is 52.4 Å². The van der Waals surface area contributed by atoms with E-state index in [2.05, 4.69) is 30.1 Å². The fourth-order valence-corrected chi connectivity index (χ4v) is 3.53. The average Bonchev–Trinajstić information content (AvgIpc) is 2.51. The van der Waals surface area contributed by atoms with Crippen LogP contribution in [0.3, 0.4) is 0 Å². The van der Waals surface area contributed by atoms with Crippen LogP contribution in [0.15, 0.2) is 0 Å². The van der Waals surface area contributed by atoms with E-state index < -0.39 is 0 Å². The molecule has 1 aliphatic carbocycles. The Hall–Kier alpha value is -0.630. The van der Waals surface area contributed by atoms with Gasteiger partial charge in [-0.15, -0.1) is 0 Å². The summed E-state index contributed by atoms with van der Waals surface area (Å²) in [4.78, 5) is 2.59. The molecule has 4 nitrogen and oxygen atoms in total. The number of nitrogens with one attached hydrogen (secondary N) is 1. The van der Waals surface area contributed by atoms with Gasteiger partial charge in [-0.2, -0.15) is 5.26 Å². The van der Waals surface area contributed by atoms with E-state index in [1.807, 2.05) is 7.05 Å². The molecule has 0 amide bonds. The van der Waals surface area contributed by atoms with Crippen molar-refractivity contribution in [2.24, 2.45) is 0 Å². The molecule has 1 saturated carbocycles. The first-order chi connectivity index (χ1) is 9.66. The van der Waals surface area contributed by atoms with E-state index in [0.717, 1.165) is 45.3 Å². The monoisotopic (exact) mass is 281 g/mol. The Bertz CT molecular complexity index is 311. The van der Waals surface area contributed by atoms with Crippen molar-refractivity contribution in [2.75, 3.05) is 27.3 Å². The second-order valence-corrected chi connectivity index (χ2v) is 5.90. The van der Waals surface area contributed by atoms with Crippen LogP contribution >= 0.6 is 0 Å². The van der Waals surface area contributed by atoms with Gasteiger partial charge in [-0.1, -0.05) is 13.8 Å². The summed E-state index contributed by atoms with van der Waals surface area (Å²) in [6, 6.07) is 3.61. The third-order valence-electron chi connectivity index (χ3n) is 4.85. The lowest BCUT2D eigenvalue weighted by Crippen LogP contribution is -2.54. The summed E-state index contributed by atoms with van der Waals surface area (Å²) in [6.07, 6.45) is 6.55. The largest absolute Gasteiger partial charge is 0.383 e. The molecular weight excluding hydrogens is 250 g/mol. The fraction of sp³-hybridized carbons (Fsp3) is 0.938. The van der Waals surface area contributed by atoms with E-state index >= 15 is 0 Å². The van der Waals surface area contributed by atoms with E-state index in [0.29, 0.717) is 12.1 Å². The molecule has 1 aliphatic rings. The van der Waals surface area contributed by atoms with E-state index in [1.54, 1.807) is 7.11 Å². The van der Waals surface area contributed by atoms with E-state index in [1.165, 1.54) is 6.42 Å². The van der Waals surface area contributed by atoms with Gasteiger partial charge < -0.3 is 10.1 Å². The Morgan fingerprint density at radius 1 is 1.45 bits per heavy atom. The van der Waals surface area contributed by atoms with Crippen molar-refractivity contribution >= 4 is 0 Å². The molecule has 1 rings (SSSR count). The number of nitrogens with zero attached hydrogens (tertiary/aromatic N) is 2. The van der Waals surface area contributed by atoms with Crippen molar-refractivity contribution < 1.29 is 4.74 Å². The molecule has 4 heteroatoms. The van der Waals surface area contributed by atoms with Gasteiger partial charge in [-0.25, -0.2) is 0 Å². The Morgan fingerprint density at radius 3 is 2.65 bits per heavy atom. The highest BCUT2D eigenvalue weighted by molar-refractivity contribution is 5.10. The van der Waals surface area contributed by atoms with Gasteiger partial charge in [0.2, 0.25) is 0 Å². The summed E-state index contributed by atoms with van der Waals surface area (Å²) in [7, 11) is 3.68. The van der Waals surface area contributed by atoms with Gasteiger partial charge in [-0.3, -0.25) is 4.90 Å². The van der Waals surface area contributed by atoms with Crippen molar-refractivity contribution in [3.05, 3.63) is 0 Å². The van der Waals surface area contributed by atoms with E-state index in [9.17, 15) is 5.26 Å². The minimum Gasteiger partial charge on any atom is -0.383 e. The van der Waals surface area contributed by atoms with Crippen LogP contribution in [0.4, 0.5) is 0 Å². The molecule has 0 heterocycles. The molecule has 2 unspecified atom stereocenters. The highest BCUT2D eigenvalue weighted by Crippen LogP contribution is 2.32. The first kappa shape index (κ1) is 17.4. The predicted octanol–water partition coefficient (Wildman–Crippen LogP) is 2.55. The topological polar surface area (TPSA) is 48.3 Å². The Balaban J connectivity index is 2.81. The molecule has 116 valence electrons. The smallest absolute Gasteiger partial charge is 0.108 e. The van der Waals surface area contributed by atoms with Crippen LogP contribution in [0.5, 0.6) is 0 Å². The molecule has 0 bridgehead atoms. The highest BCUT2D eigenvalue weighted by Gasteiger charge is 2.38. The molecule has 0 spiro atoms. The zero-order chi connectivity index (χ0) is 15.0. The number of ether oxygens (including phenoxy) is 1. The Kier molecular flexibility index (Phi) is 7.50.